The fourth-order valence-electron chi connectivity index (χ4n) is 1.08. The van der Waals surface area contributed by atoms with Crippen molar-refractivity contribution in [2.75, 3.05) is 13.4 Å². The standard InChI is InChI=1S/C9H11NO2S/c1-12-7-5-3-4-6(9(10)11)8(7)13-2/h3-5H,1-2H3,(H2,10,11). The molecule has 2 N–H and O–H groups in total. The normalized spacial score (nSPS) is 9.69. The van der Waals surface area contributed by atoms with Crippen LogP contribution in [0.4, 0.5) is 0 Å². The molecular weight excluding hydrogens is 186 g/mol. The smallest absolute Gasteiger partial charge is 0.249 e. The fourth-order valence-corrected chi connectivity index (χ4v) is 1.82. The van der Waals surface area contributed by atoms with Gasteiger partial charge in [-0.2, -0.15) is 0 Å². The lowest BCUT2D eigenvalue weighted by Crippen LogP contribution is -2.12. The van der Waals surface area contributed by atoms with E-state index in [1.54, 1.807) is 25.3 Å². The highest BCUT2D eigenvalue weighted by Gasteiger charge is 2.11. The molecule has 0 aromatic heterocycles. The van der Waals surface area contributed by atoms with Gasteiger partial charge in [-0.15, -0.1) is 11.8 Å². The van der Waals surface area contributed by atoms with Gasteiger partial charge >= 0.3 is 0 Å². The third kappa shape index (κ3) is 1.95. The van der Waals surface area contributed by atoms with E-state index >= 15 is 0 Å². The zero-order valence-electron chi connectivity index (χ0n) is 7.53. The van der Waals surface area contributed by atoms with E-state index < -0.39 is 5.91 Å². The first kappa shape index (κ1) is 9.92. The SMILES string of the molecule is COc1cccc(C(N)=O)c1SC. The largest absolute Gasteiger partial charge is 0.496 e. The number of hydrogen-bond acceptors (Lipinski definition) is 3. The minimum Gasteiger partial charge on any atom is -0.496 e. The van der Waals surface area contributed by atoms with Crippen molar-refractivity contribution in [2.24, 2.45) is 5.73 Å². The highest BCUT2D eigenvalue weighted by Crippen LogP contribution is 2.30. The summed E-state index contributed by atoms with van der Waals surface area (Å²) in [6.07, 6.45) is 1.88. The van der Waals surface area contributed by atoms with Gasteiger partial charge < -0.3 is 10.5 Å². The molecule has 0 aliphatic heterocycles. The molecule has 0 unspecified atom stereocenters. The molecule has 0 aliphatic rings. The second kappa shape index (κ2) is 4.18. The number of carbonyl (C=O) groups excluding carboxylic acids is 1. The van der Waals surface area contributed by atoms with Crippen LogP contribution in [0.3, 0.4) is 0 Å². The number of thioether (sulfide) groups is 1. The van der Waals surface area contributed by atoms with Crippen LogP contribution in [0.5, 0.6) is 5.75 Å². The third-order valence-electron chi connectivity index (χ3n) is 1.67. The Labute approximate surface area is 81.3 Å². The van der Waals surface area contributed by atoms with E-state index in [4.69, 9.17) is 10.5 Å². The molecule has 1 rings (SSSR count). The van der Waals surface area contributed by atoms with Crippen molar-refractivity contribution in [1.29, 1.82) is 0 Å². The molecule has 0 fully saturated rings. The molecule has 13 heavy (non-hydrogen) atoms. The zero-order chi connectivity index (χ0) is 9.84. The van der Waals surface area contributed by atoms with E-state index in [1.165, 1.54) is 11.8 Å². The van der Waals surface area contributed by atoms with E-state index in [1.807, 2.05) is 6.26 Å². The van der Waals surface area contributed by atoms with Crippen molar-refractivity contribution in [3.63, 3.8) is 0 Å². The molecule has 1 aromatic rings. The second-order valence-electron chi connectivity index (χ2n) is 2.41. The first-order chi connectivity index (χ1) is 6.20. The molecule has 0 saturated heterocycles. The lowest BCUT2D eigenvalue weighted by atomic mass is 10.2. The van der Waals surface area contributed by atoms with Crippen molar-refractivity contribution < 1.29 is 9.53 Å². The number of methoxy groups -OCH3 is 1. The number of nitrogens with two attached hydrogens (primary N) is 1. The van der Waals surface area contributed by atoms with E-state index in [2.05, 4.69) is 0 Å². The van der Waals surface area contributed by atoms with E-state index in [0.29, 0.717) is 11.3 Å². The quantitative estimate of drug-likeness (QED) is 0.747. The Hall–Kier alpha value is -1.16. The predicted octanol–water partition coefficient (Wildman–Crippen LogP) is 1.52. The fraction of sp³-hybridized carbons (Fsp3) is 0.222. The number of hydrogen-bond donors (Lipinski definition) is 1. The van der Waals surface area contributed by atoms with Gasteiger partial charge in [0, 0.05) is 0 Å². The van der Waals surface area contributed by atoms with Crippen molar-refractivity contribution >= 4 is 17.7 Å². The van der Waals surface area contributed by atoms with Crippen molar-refractivity contribution in [3.05, 3.63) is 23.8 Å². The van der Waals surface area contributed by atoms with Gasteiger partial charge in [-0.05, 0) is 18.4 Å². The van der Waals surface area contributed by atoms with Gasteiger partial charge in [-0.3, -0.25) is 4.79 Å². The number of primary amides is 1. The van der Waals surface area contributed by atoms with Crippen LogP contribution in [0, 0.1) is 0 Å². The maximum absolute atomic E-state index is 11.0. The van der Waals surface area contributed by atoms with Gasteiger partial charge in [0.25, 0.3) is 0 Å². The average molecular weight is 197 g/mol. The van der Waals surface area contributed by atoms with Crippen molar-refractivity contribution in [2.45, 2.75) is 4.90 Å². The monoisotopic (exact) mass is 197 g/mol. The maximum atomic E-state index is 11.0. The molecule has 0 radical (unpaired) electrons. The van der Waals surface area contributed by atoms with Gasteiger partial charge in [0.05, 0.1) is 17.6 Å². The Bertz CT molecular complexity index is 325. The summed E-state index contributed by atoms with van der Waals surface area (Å²) in [7, 11) is 1.57. The zero-order valence-corrected chi connectivity index (χ0v) is 8.35. The van der Waals surface area contributed by atoms with E-state index in [-0.39, 0.29) is 0 Å². The van der Waals surface area contributed by atoms with Gasteiger partial charge in [-0.1, -0.05) is 6.07 Å². The minimum absolute atomic E-state index is 0.428. The molecule has 3 nitrogen and oxygen atoms in total. The van der Waals surface area contributed by atoms with Gasteiger partial charge in [-0.25, -0.2) is 0 Å². The Balaban J connectivity index is 3.27. The lowest BCUT2D eigenvalue weighted by molar-refractivity contribution is 0.0997. The summed E-state index contributed by atoms with van der Waals surface area (Å²) >= 11 is 1.45. The van der Waals surface area contributed by atoms with Crippen LogP contribution >= 0.6 is 11.8 Å². The maximum Gasteiger partial charge on any atom is 0.249 e. The number of carbonyl (C=O) groups is 1. The second-order valence-corrected chi connectivity index (χ2v) is 3.22. The molecule has 0 atom stereocenters. The Morgan fingerprint density at radius 2 is 2.23 bits per heavy atom. The number of amides is 1. The molecular formula is C9H11NO2S. The Kier molecular flexibility index (Phi) is 3.19. The summed E-state index contributed by atoms with van der Waals surface area (Å²) in [5, 5.41) is 0. The first-order valence-electron chi connectivity index (χ1n) is 3.71. The summed E-state index contributed by atoms with van der Waals surface area (Å²) in [6, 6.07) is 5.24. The van der Waals surface area contributed by atoms with E-state index in [0.717, 1.165) is 4.90 Å². The van der Waals surface area contributed by atoms with Crippen LogP contribution in [0.1, 0.15) is 10.4 Å². The summed E-state index contributed by atoms with van der Waals surface area (Å²) < 4.78 is 5.10. The highest BCUT2D eigenvalue weighted by molar-refractivity contribution is 7.98. The Morgan fingerprint density at radius 1 is 1.54 bits per heavy atom. The number of rotatable bonds is 3. The molecule has 4 heteroatoms. The van der Waals surface area contributed by atoms with Gasteiger partial charge in [0.1, 0.15) is 5.75 Å². The molecule has 0 heterocycles. The van der Waals surface area contributed by atoms with Crippen LogP contribution < -0.4 is 10.5 Å². The molecule has 0 spiro atoms. The molecule has 1 aromatic carbocycles. The van der Waals surface area contributed by atoms with Crippen LogP contribution in [0.15, 0.2) is 23.1 Å². The molecule has 0 aliphatic carbocycles. The first-order valence-corrected chi connectivity index (χ1v) is 4.94. The highest BCUT2D eigenvalue weighted by atomic mass is 32.2. The van der Waals surface area contributed by atoms with Crippen LogP contribution in [0.2, 0.25) is 0 Å². The number of benzene rings is 1. The minimum atomic E-state index is -0.428. The van der Waals surface area contributed by atoms with Gasteiger partial charge in [0.15, 0.2) is 0 Å². The molecule has 0 bridgehead atoms. The Morgan fingerprint density at radius 3 is 2.69 bits per heavy atom. The lowest BCUT2D eigenvalue weighted by Gasteiger charge is -2.08. The van der Waals surface area contributed by atoms with Crippen LogP contribution in [-0.2, 0) is 0 Å². The summed E-state index contributed by atoms with van der Waals surface area (Å²) in [5.41, 5.74) is 5.71. The topological polar surface area (TPSA) is 52.3 Å². The molecule has 70 valence electrons. The number of ether oxygens (including phenoxy) is 1. The van der Waals surface area contributed by atoms with Crippen molar-refractivity contribution in [3.8, 4) is 5.75 Å². The molecule has 1 amide bonds. The summed E-state index contributed by atoms with van der Waals surface area (Å²) in [4.78, 5) is 11.8. The summed E-state index contributed by atoms with van der Waals surface area (Å²) in [5.74, 6) is 0.257. The van der Waals surface area contributed by atoms with Crippen LogP contribution in [-0.4, -0.2) is 19.3 Å². The molecule has 0 saturated carbocycles. The third-order valence-corrected chi connectivity index (χ3v) is 2.50. The van der Waals surface area contributed by atoms with Gasteiger partial charge in [0.2, 0.25) is 5.91 Å². The van der Waals surface area contributed by atoms with Crippen molar-refractivity contribution in [1.82, 2.24) is 0 Å². The van der Waals surface area contributed by atoms with E-state index in [9.17, 15) is 4.79 Å². The van der Waals surface area contributed by atoms with Crippen LogP contribution in [0.25, 0.3) is 0 Å². The summed E-state index contributed by atoms with van der Waals surface area (Å²) in [6.45, 7) is 0. The average Bonchev–Trinajstić information content (AvgIpc) is 2.16. The predicted molar refractivity (Wildman–Crippen MR) is 53.3 cm³/mol.